The van der Waals surface area contributed by atoms with Crippen molar-refractivity contribution in [2.24, 2.45) is 7.05 Å². The quantitative estimate of drug-likeness (QED) is 0.886. The molecule has 0 unspecified atom stereocenters. The van der Waals surface area contributed by atoms with Gasteiger partial charge in [0, 0.05) is 19.4 Å². The Balaban J connectivity index is 2.18. The monoisotopic (exact) mass is 301 g/mol. The van der Waals surface area contributed by atoms with Crippen molar-refractivity contribution in [3.8, 4) is 0 Å². The molecule has 1 heterocycles. The first-order chi connectivity index (χ1) is 9.80. The highest BCUT2D eigenvalue weighted by atomic mass is 19.4. The van der Waals surface area contributed by atoms with E-state index in [0.717, 1.165) is 12.1 Å². The van der Waals surface area contributed by atoms with Crippen molar-refractivity contribution < 1.29 is 22.4 Å². The Hall–Kier alpha value is -2.38. The zero-order valence-electron chi connectivity index (χ0n) is 10.9. The van der Waals surface area contributed by atoms with Crippen molar-refractivity contribution in [3.63, 3.8) is 0 Å². The highest BCUT2D eigenvalue weighted by Gasteiger charge is 2.35. The van der Waals surface area contributed by atoms with Gasteiger partial charge in [0.05, 0.1) is 17.7 Å². The van der Waals surface area contributed by atoms with Gasteiger partial charge in [0.15, 0.2) is 0 Å². The molecule has 1 aromatic carbocycles. The third-order valence-corrected chi connectivity index (χ3v) is 2.88. The Kier molecular flexibility index (Phi) is 3.97. The molecule has 1 aromatic heterocycles. The normalized spacial score (nSPS) is 11.5. The molecule has 0 bridgehead atoms. The third-order valence-electron chi connectivity index (χ3n) is 2.88. The van der Waals surface area contributed by atoms with Gasteiger partial charge >= 0.3 is 6.18 Å². The second kappa shape index (κ2) is 5.55. The van der Waals surface area contributed by atoms with Gasteiger partial charge in [-0.05, 0) is 12.1 Å². The zero-order valence-corrected chi connectivity index (χ0v) is 10.9. The molecule has 4 nitrogen and oxygen atoms in total. The van der Waals surface area contributed by atoms with E-state index in [1.54, 1.807) is 17.8 Å². The van der Waals surface area contributed by atoms with E-state index in [9.17, 15) is 22.4 Å². The number of nitrogens with one attached hydrogen (secondary N) is 1. The summed E-state index contributed by atoms with van der Waals surface area (Å²) in [4.78, 5) is 15.7. The SMILES string of the molecule is Cn1ccnc1CNC(=O)c1cccc(C(F)(F)F)c1F. The zero-order chi connectivity index (χ0) is 15.6. The summed E-state index contributed by atoms with van der Waals surface area (Å²) < 4.78 is 53.1. The molecule has 0 aliphatic heterocycles. The minimum Gasteiger partial charge on any atom is -0.345 e. The van der Waals surface area contributed by atoms with Crippen LogP contribution in [0, 0.1) is 5.82 Å². The number of aryl methyl sites for hydroxylation is 1. The van der Waals surface area contributed by atoms with E-state index < -0.39 is 29.0 Å². The van der Waals surface area contributed by atoms with E-state index in [1.807, 2.05) is 0 Å². The number of carbonyl (C=O) groups is 1. The van der Waals surface area contributed by atoms with Crippen LogP contribution in [0.2, 0.25) is 0 Å². The molecule has 2 rings (SSSR count). The largest absolute Gasteiger partial charge is 0.419 e. The summed E-state index contributed by atoms with van der Waals surface area (Å²) in [5.74, 6) is -2.01. The van der Waals surface area contributed by atoms with Crippen LogP contribution >= 0.6 is 0 Å². The van der Waals surface area contributed by atoms with Gasteiger partial charge in [-0.15, -0.1) is 0 Å². The summed E-state index contributed by atoms with van der Waals surface area (Å²) in [5.41, 5.74) is -2.12. The van der Waals surface area contributed by atoms with Gasteiger partial charge in [0.25, 0.3) is 5.91 Å². The lowest BCUT2D eigenvalue weighted by molar-refractivity contribution is -0.140. The maximum atomic E-state index is 13.8. The second-order valence-electron chi connectivity index (χ2n) is 4.30. The molecule has 1 amide bonds. The van der Waals surface area contributed by atoms with Crippen molar-refractivity contribution >= 4 is 5.91 Å². The first-order valence-corrected chi connectivity index (χ1v) is 5.91. The first kappa shape index (κ1) is 15.0. The number of carbonyl (C=O) groups excluding carboxylic acids is 1. The minimum atomic E-state index is -4.85. The van der Waals surface area contributed by atoms with Gasteiger partial charge in [-0.2, -0.15) is 13.2 Å². The van der Waals surface area contributed by atoms with Gasteiger partial charge in [0.1, 0.15) is 11.6 Å². The number of alkyl halides is 3. The van der Waals surface area contributed by atoms with E-state index in [4.69, 9.17) is 0 Å². The van der Waals surface area contributed by atoms with Crippen LogP contribution < -0.4 is 5.32 Å². The number of amides is 1. The Bertz CT molecular complexity index is 664. The predicted molar refractivity (Wildman–Crippen MR) is 65.8 cm³/mol. The van der Waals surface area contributed by atoms with Gasteiger partial charge < -0.3 is 9.88 Å². The summed E-state index contributed by atoms with van der Waals surface area (Å²) in [6.07, 6.45) is -1.70. The van der Waals surface area contributed by atoms with E-state index >= 15 is 0 Å². The molecule has 0 spiro atoms. The number of imidazole rings is 1. The van der Waals surface area contributed by atoms with Crippen LogP contribution in [-0.2, 0) is 19.8 Å². The van der Waals surface area contributed by atoms with Crippen LogP contribution in [0.15, 0.2) is 30.6 Å². The van der Waals surface area contributed by atoms with Crippen molar-refractivity contribution in [2.45, 2.75) is 12.7 Å². The molecule has 1 N–H and O–H groups in total. The molecule has 21 heavy (non-hydrogen) atoms. The molecule has 0 radical (unpaired) electrons. The average molecular weight is 301 g/mol. The van der Waals surface area contributed by atoms with Crippen molar-refractivity contribution in [3.05, 3.63) is 53.4 Å². The van der Waals surface area contributed by atoms with Crippen LogP contribution in [0.3, 0.4) is 0 Å². The number of nitrogens with zero attached hydrogens (tertiary/aromatic N) is 2. The van der Waals surface area contributed by atoms with E-state index in [1.165, 1.54) is 6.20 Å². The van der Waals surface area contributed by atoms with Crippen LogP contribution in [-0.4, -0.2) is 15.5 Å². The lowest BCUT2D eigenvalue weighted by Gasteiger charge is -2.11. The van der Waals surface area contributed by atoms with Crippen LogP contribution in [0.4, 0.5) is 17.6 Å². The molecular formula is C13H11F4N3O. The van der Waals surface area contributed by atoms with Gasteiger partial charge in [0.2, 0.25) is 0 Å². The average Bonchev–Trinajstić information content (AvgIpc) is 2.80. The number of benzene rings is 1. The Morgan fingerprint density at radius 2 is 2.10 bits per heavy atom. The van der Waals surface area contributed by atoms with Gasteiger partial charge in [-0.1, -0.05) is 6.07 Å². The summed E-state index contributed by atoms with van der Waals surface area (Å²) in [7, 11) is 1.69. The molecule has 0 saturated carbocycles. The predicted octanol–water partition coefficient (Wildman–Crippen LogP) is 2.51. The van der Waals surface area contributed by atoms with Crippen molar-refractivity contribution in [1.82, 2.24) is 14.9 Å². The van der Waals surface area contributed by atoms with Gasteiger partial charge in [-0.25, -0.2) is 9.37 Å². The maximum Gasteiger partial charge on any atom is 0.419 e. The number of hydrogen-bond acceptors (Lipinski definition) is 2. The van der Waals surface area contributed by atoms with E-state index in [0.29, 0.717) is 11.9 Å². The van der Waals surface area contributed by atoms with Crippen molar-refractivity contribution in [1.29, 1.82) is 0 Å². The summed E-state index contributed by atoms with van der Waals surface area (Å²) in [6.45, 7) is -0.0159. The summed E-state index contributed by atoms with van der Waals surface area (Å²) >= 11 is 0. The standard InChI is InChI=1S/C13H11F4N3O/c1-20-6-5-18-10(20)7-19-12(21)8-3-2-4-9(11(8)14)13(15,16)17/h2-6H,7H2,1H3,(H,19,21). The molecule has 0 aliphatic carbocycles. The van der Waals surface area contributed by atoms with Crippen LogP contribution in [0.5, 0.6) is 0 Å². The fraction of sp³-hybridized carbons (Fsp3) is 0.231. The Labute approximate surface area is 117 Å². The molecule has 112 valence electrons. The topological polar surface area (TPSA) is 46.9 Å². The first-order valence-electron chi connectivity index (χ1n) is 5.91. The molecule has 0 atom stereocenters. The number of hydrogen-bond donors (Lipinski definition) is 1. The van der Waals surface area contributed by atoms with E-state index in [-0.39, 0.29) is 6.54 Å². The third kappa shape index (κ3) is 3.21. The number of rotatable bonds is 3. The lowest BCUT2D eigenvalue weighted by atomic mass is 10.1. The fourth-order valence-corrected chi connectivity index (χ4v) is 1.75. The Morgan fingerprint density at radius 1 is 1.38 bits per heavy atom. The minimum absolute atomic E-state index is 0.0159. The molecule has 0 fully saturated rings. The number of halogens is 4. The van der Waals surface area contributed by atoms with Gasteiger partial charge in [-0.3, -0.25) is 4.79 Å². The molecular weight excluding hydrogens is 290 g/mol. The van der Waals surface area contributed by atoms with Crippen molar-refractivity contribution in [2.75, 3.05) is 0 Å². The van der Waals surface area contributed by atoms with E-state index in [2.05, 4.69) is 10.3 Å². The highest BCUT2D eigenvalue weighted by molar-refractivity contribution is 5.94. The highest BCUT2D eigenvalue weighted by Crippen LogP contribution is 2.32. The molecule has 0 saturated heterocycles. The summed E-state index contributed by atoms with van der Waals surface area (Å²) in [6, 6.07) is 2.57. The fourth-order valence-electron chi connectivity index (χ4n) is 1.75. The maximum absolute atomic E-state index is 13.8. The molecule has 2 aromatic rings. The Morgan fingerprint density at radius 3 is 2.67 bits per heavy atom. The summed E-state index contributed by atoms with van der Waals surface area (Å²) in [5, 5.41) is 2.33. The van der Waals surface area contributed by atoms with Crippen LogP contribution in [0.1, 0.15) is 21.7 Å². The second-order valence-corrected chi connectivity index (χ2v) is 4.30. The smallest absolute Gasteiger partial charge is 0.345 e. The molecule has 0 aliphatic rings. The number of aromatic nitrogens is 2. The molecule has 8 heteroatoms. The van der Waals surface area contributed by atoms with Crippen LogP contribution in [0.25, 0.3) is 0 Å². The lowest BCUT2D eigenvalue weighted by Crippen LogP contribution is -2.26.